The number of halogens is 1. The molecule has 2 rings (SSSR count). The minimum atomic E-state index is -0.576. The van der Waals surface area contributed by atoms with Gasteiger partial charge in [0.25, 0.3) is 5.56 Å². The van der Waals surface area contributed by atoms with Gasteiger partial charge >= 0.3 is 5.97 Å². The highest BCUT2D eigenvalue weighted by molar-refractivity contribution is 6.32. The minimum Gasteiger partial charge on any atom is -0.468 e. The second-order valence-electron chi connectivity index (χ2n) is 4.31. The minimum absolute atomic E-state index is 0.0377. The molecule has 0 fully saturated rings. The molecule has 0 aliphatic carbocycles. The summed E-state index contributed by atoms with van der Waals surface area (Å²) < 4.78 is 5.43. The molecule has 0 radical (unpaired) electrons. The van der Waals surface area contributed by atoms with Crippen LogP contribution in [0.2, 0.25) is 5.02 Å². The smallest absolute Gasteiger partial charge is 0.327 e. The highest BCUT2D eigenvalue weighted by atomic mass is 35.5. The molecule has 112 valence electrons. The maximum Gasteiger partial charge on any atom is 0.327 e. The maximum absolute atomic E-state index is 12.0. The van der Waals surface area contributed by atoms with Gasteiger partial charge < -0.3 is 10.1 Å². The Morgan fingerprint density at radius 3 is 2.95 bits per heavy atom. The quantitative estimate of drug-likeness (QED) is 0.798. The lowest BCUT2D eigenvalue weighted by atomic mass is 10.2. The molecule has 0 amide bonds. The third-order valence-electron chi connectivity index (χ3n) is 2.88. The summed E-state index contributed by atoms with van der Waals surface area (Å²) in [4.78, 5) is 23.2. The van der Waals surface area contributed by atoms with Gasteiger partial charge in [0.15, 0.2) is 0 Å². The number of carbonyl (C=O) groups excluding carboxylic acids is 1. The number of aromatic amines is 1. The van der Waals surface area contributed by atoms with Crippen molar-refractivity contribution in [1.82, 2.24) is 20.0 Å². The Bertz CT molecular complexity index is 683. The first kappa shape index (κ1) is 15.0. The van der Waals surface area contributed by atoms with Gasteiger partial charge in [-0.15, -0.1) is 0 Å². The average Bonchev–Trinajstić information content (AvgIpc) is 3.01. The maximum atomic E-state index is 12.0. The summed E-state index contributed by atoms with van der Waals surface area (Å²) in [5.74, 6) is -0.576. The first-order valence-electron chi connectivity index (χ1n) is 6.10. The van der Waals surface area contributed by atoms with Crippen molar-refractivity contribution in [1.29, 1.82) is 0 Å². The van der Waals surface area contributed by atoms with Crippen LogP contribution in [0.15, 0.2) is 23.4 Å². The van der Waals surface area contributed by atoms with Gasteiger partial charge in [-0.05, 0) is 6.92 Å². The van der Waals surface area contributed by atoms with E-state index in [0.717, 1.165) is 10.2 Å². The number of hydrogen-bond acceptors (Lipinski definition) is 6. The van der Waals surface area contributed by atoms with Crippen LogP contribution in [0.4, 0.5) is 5.69 Å². The van der Waals surface area contributed by atoms with E-state index in [4.69, 9.17) is 11.6 Å². The molecule has 0 saturated heterocycles. The van der Waals surface area contributed by atoms with E-state index in [1.807, 2.05) is 6.92 Å². The van der Waals surface area contributed by atoms with Gasteiger partial charge in [0.2, 0.25) is 0 Å². The molecule has 0 saturated carbocycles. The summed E-state index contributed by atoms with van der Waals surface area (Å²) in [6.07, 6.45) is 4.79. The molecule has 1 atom stereocenters. The summed E-state index contributed by atoms with van der Waals surface area (Å²) in [5, 5.41) is 13.5. The van der Waals surface area contributed by atoms with Crippen LogP contribution in [-0.2, 0) is 16.1 Å². The zero-order valence-corrected chi connectivity index (χ0v) is 12.2. The number of methoxy groups -OCH3 is 1. The summed E-state index contributed by atoms with van der Waals surface area (Å²) in [6, 6.07) is -0.112. The molecule has 0 bridgehead atoms. The van der Waals surface area contributed by atoms with Crippen LogP contribution in [-0.4, -0.2) is 33.1 Å². The Hall–Kier alpha value is -2.35. The van der Waals surface area contributed by atoms with Crippen LogP contribution < -0.4 is 10.9 Å². The second-order valence-corrected chi connectivity index (χ2v) is 4.69. The number of H-pyrrole nitrogens is 1. The van der Waals surface area contributed by atoms with Gasteiger partial charge in [0.05, 0.1) is 31.2 Å². The fraction of sp³-hybridized carbons (Fsp3) is 0.333. The second kappa shape index (κ2) is 6.40. The molecule has 2 aromatic rings. The molecule has 21 heavy (non-hydrogen) atoms. The van der Waals surface area contributed by atoms with E-state index in [1.165, 1.54) is 13.3 Å². The number of nitrogens with one attached hydrogen (secondary N) is 2. The third-order valence-corrected chi connectivity index (χ3v) is 3.25. The molecular weight excluding hydrogens is 298 g/mol. The first-order chi connectivity index (χ1) is 10.0. The summed E-state index contributed by atoms with van der Waals surface area (Å²) >= 11 is 6.02. The van der Waals surface area contributed by atoms with Crippen molar-refractivity contribution in [3.63, 3.8) is 0 Å². The van der Waals surface area contributed by atoms with Crippen molar-refractivity contribution in [2.75, 3.05) is 12.4 Å². The first-order valence-corrected chi connectivity index (χ1v) is 6.48. The van der Waals surface area contributed by atoms with Crippen LogP contribution in [0.1, 0.15) is 18.5 Å². The number of ether oxygens (including phenoxy) is 1. The Kier molecular flexibility index (Phi) is 4.59. The van der Waals surface area contributed by atoms with E-state index >= 15 is 0 Å². The topological polar surface area (TPSA) is 102 Å². The molecule has 0 spiro atoms. The van der Waals surface area contributed by atoms with Gasteiger partial charge in [-0.1, -0.05) is 11.6 Å². The van der Waals surface area contributed by atoms with Crippen LogP contribution in [0.25, 0.3) is 0 Å². The van der Waals surface area contributed by atoms with E-state index in [0.29, 0.717) is 5.69 Å². The number of rotatable bonds is 5. The molecule has 1 unspecified atom stereocenters. The zero-order valence-electron chi connectivity index (χ0n) is 11.5. The highest BCUT2D eigenvalue weighted by Gasteiger charge is 2.14. The fourth-order valence-corrected chi connectivity index (χ4v) is 1.88. The van der Waals surface area contributed by atoms with E-state index in [1.54, 1.807) is 12.4 Å². The van der Waals surface area contributed by atoms with E-state index in [9.17, 15) is 9.59 Å². The third kappa shape index (κ3) is 3.40. The lowest BCUT2D eigenvalue weighted by Gasteiger charge is -2.14. The molecular formula is C12H14ClN5O3. The SMILES string of the molecule is COC(=O)Cn1ncc(NC(C)c2cn[nH]c2)c(Cl)c1=O. The number of hydrogen-bond donors (Lipinski definition) is 2. The van der Waals surface area contributed by atoms with Crippen molar-refractivity contribution >= 4 is 23.3 Å². The summed E-state index contributed by atoms with van der Waals surface area (Å²) in [5.41, 5.74) is 0.729. The lowest BCUT2D eigenvalue weighted by molar-refractivity contribution is -0.141. The van der Waals surface area contributed by atoms with Gasteiger partial charge in [0.1, 0.15) is 11.6 Å². The number of nitrogens with zero attached hydrogens (tertiary/aromatic N) is 3. The van der Waals surface area contributed by atoms with Crippen molar-refractivity contribution in [3.8, 4) is 0 Å². The predicted molar refractivity (Wildman–Crippen MR) is 76.1 cm³/mol. The zero-order chi connectivity index (χ0) is 15.4. The molecule has 0 aliphatic heterocycles. The van der Waals surface area contributed by atoms with Crippen LogP contribution >= 0.6 is 11.6 Å². The fourth-order valence-electron chi connectivity index (χ4n) is 1.68. The van der Waals surface area contributed by atoms with Crippen molar-refractivity contribution in [3.05, 3.63) is 39.5 Å². The number of anilines is 1. The molecule has 2 aromatic heterocycles. The van der Waals surface area contributed by atoms with E-state index in [-0.39, 0.29) is 17.6 Å². The molecule has 0 aromatic carbocycles. The molecule has 2 N–H and O–H groups in total. The van der Waals surface area contributed by atoms with Crippen molar-refractivity contribution in [2.24, 2.45) is 0 Å². The van der Waals surface area contributed by atoms with Gasteiger partial charge in [-0.3, -0.25) is 14.7 Å². The van der Waals surface area contributed by atoms with Crippen LogP contribution in [0.5, 0.6) is 0 Å². The van der Waals surface area contributed by atoms with E-state index in [2.05, 4.69) is 25.3 Å². The predicted octanol–water partition coefficient (Wildman–Crippen LogP) is 0.966. The highest BCUT2D eigenvalue weighted by Crippen LogP contribution is 2.21. The summed E-state index contributed by atoms with van der Waals surface area (Å²) in [7, 11) is 1.23. The average molecular weight is 312 g/mol. The Morgan fingerprint density at radius 2 is 2.33 bits per heavy atom. The summed E-state index contributed by atoms with van der Waals surface area (Å²) in [6.45, 7) is 1.60. The monoisotopic (exact) mass is 311 g/mol. The molecule has 2 heterocycles. The van der Waals surface area contributed by atoms with Gasteiger partial charge in [0, 0.05) is 11.8 Å². The standard InChI is InChI=1S/C12H14ClN5O3/c1-7(8-3-14-15-4-8)17-9-5-16-18(6-10(19)21-2)12(20)11(9)13/h3-5,7,17H,6H2,1-2H3,(H,14,15). The largest absolute Gasteiger partial charge is 0.468 e. The van der Waals surface area contributed by atoms with Crippen LogP contribution in [0.3, 0.4) is 0 Å². The Morgan fingerprint density at radius 1 is 1.57 bits per heavy atom. The van der Waals surface area contributed by atoms with Gasteiger partial charge in [-0.25, -0.2) is 4.68 Å². The number of aromatic nitrogens is 4. The Labute approximate surface area is 125 Å². The normalized spacial score (nSPS) is 12.0. The lowest BCUT2D eigenvalue weighted by Crippen LogP contribution is -2.28. The van der Waals surface area contributed by atoms with Crippen molar-refractivity contribution in [2.45, 2.75) is 19.5 Å². The number of carbonyl (C=O) groups is 1. The van der Waals surface area contributed by atoms with Gasteiger partial charge in [-0.2, -0.15) is 10.2 Å². The molecule has 9 heteroatoms. The van der Waals surface area contributed by atoms with E-state index < -0.39 is 11.5 Å². The van der Waals surface area contributed by atoms with Crippen molar-refractivity contribution < 1.29 is 9.53 Å². The number of esters is 1. The Balaban J connectivity index is 2.21. The molecule has 8 nitrogen and oxygen atoms in total. The molecule has 0 aliphatic rings. The van der Waals surface area contributed by atoms with Crippen LogP contribution in [0, 0.1) is 0 Å².